The molecule has 2 aromatic rings. The number of nitrogens with zero attached hydrogens (tertiary/aromatic N) is 1. The Kier molecular flexibility index (Phi) is 6.24. The van der Waals surface area contributed by atoms with Crippen LogP contribution in [0.15, 0.2) is 41.3 Å². The number of hydrogen-bond acceptors (Lipinski definition) is 6. The number of hydrazine groups is 1. The van der Waals surface area contributed by atoms with E-state index in [1.54, 1.807) is 24.3 Å². The van der Waals surface area contributed by atoms with Gasteiger partial charge in [0.05, 0.1) is 11.5 Å². The number of carbonyl (C=O) groups is 2. The standard InChI is InChI=1S/C21H20N2O4S2/c1-4-27-17-10-14(6-8-16(17)24)11-18-20(26)23(21(28)29-18)22-19(25)15-7-5-12(2)9-13(15)3/h5-11,24H,4H2,1-3H3,(H,22,25)/b18-11+. The zero-order chi connectivity index (χ0) is 21.1. The normalized spacial score (nSPS) is 15.1. The lowest BCUT2D eigenvalue weighted by Crippen LogP contribution is -2.45. The summed E-state index contributed by atoms with van der Waals surface area (Å²) in [6.45, 7) is 6.01. The second kappa shape index (κ2) is 8.67. The van der Waals surface area contributed by atoms with Gasteiger partial charge in [0.2, 0.25) is 0 Å². The van der Waals surface area contributed by atoms with E-state index in [2.05, 4.69) is 5.43 Å². The molecule has 2 N–H and O–H groups in total. The third-order valence-corrected chi connectivity index (χ3v) is 5.52. The van der Waals surface area contributed by atoms with Crippen molar-refractivity contribution in [3.63, 3.8) is 0 Å². The predicted octanol–water partition coefficient (Wildman–Crippen LogP) is 3.95. The molecule has 29 heavy (non-hydrogen) atoms. The van der Waals surface area contributed by atoms with Crippen molar-refractivity contribution in [1.29, 1.82) is 0 Å². The summed E-state index contributed by atoms with van der Waals surface area (Å²) in [7, 11) is 0. The maximum absolute atomic E-state index is 12.8. The van der Waals surface area contributed by atoms with Crippen molar-refractivity contribution in [2.24, 2.45) is 0 Å². The first-order valence-electron chi connectivity index (χ1n) is 8.92. The van der Waals surface area contributed by atoms with Gasteiger partial charge in [-0.25, -0.2) is 0 Å². The van der Waals surface area contributed by atoms with Gasteiger partial charge in [-0.1, -0.05) is 35.5 Å². The maximum atomic E-state index is 12.8. The molecule has 1 saturated heterocycles. The van der Waals surface area contributed by atoms with Gasteiger partial charge in [0.1, 0.15) is 0 Å². The minimum atomic E-state index is -0.413. The van der Waals surface area contributed by atoms with E-state index in [1.807, 2.05) is 32.9 Å². The Bertz CT molecular complexity index is 1030. The van der Waals surface area contributed by atoms with Crippen LogP contribution < -0.4 is 10.2 Å². The number of phenols is 1. The largest absolute Gasteiger partial charge is 0.504 e. The number of phenolic OH excluding ortho intramolecular Hbond substituents is 1. The Morgan fingerprint density at radius 1 is 1.28 bits per heavy atom. The molecule has 3 rings (SSSR count). The van der Waals surface area contributed by atoms with Gasteiger partial charge in [0.25, 0.3) is 11.8 Å². The van der Waals surface area contributed by atoms with E-state index in [9.17, 15) is 14.7 Å². The molecule has 0 aliphatic carbocycles. The van der Waals surface area contributed by atoms with Crippen molar-refractivity contribution < 1.29 is 19.4 Å². The topological polar surface area (TPSA) is 78.9 Å². The zero-order valence-electron chi connectivity index (χ0n) is 16.2. The second-order valence-corrected chi connectivity index (χ2v) is 8.11. The molecule has 1 heterocycles. The minimum absolute atomic E-state index is 0.0253. The lowest BCUT2D eigenvalue weighted by molar-refractivity contribution is -0.123. The zero-order valence-corrected chi connectivity index (χ0v) is 17.8. The van der Waals surface area contributed by atoms with Crippen molar-refractivity contribution in [2.45, 2.75) is 20.8 Å². The van der Waals surface area contributed by atoms with Crippen LogP contribution in [0, 0.1) is 13.8 Å². The van der Waals surface area contributed by atoms with Crippen LogP contribution in [-0.4, -0.2) is 32.9 Å². The Morgan fingerprint density at radius 2 is 2.03 bits per heavy atom. The highest BCUT2D eigenvalue weighted by Gasteiger charge is 2.34. The molecule has 2 aromatic carbocycles. The Hall–Kier alpha value is -2.84. The van der Waals surface area contributed by atoms with Gasteiger partial charge >= 0.3 is 0 Å². The Labute approximate surface area is 178 Å². The molecule has 150 valence electrons. The molecule has 1 fully saturated rings. The molecular formula is C21H20N2O4S2. The van der Waals surface area contributed by atoms with Gasteiger partial charge < -0.3 is 9.84 Å². The summed E-state index contributed by atoms with van der Waals surface area (Å²) in [4.78, 5) is 25.7. The predicted molar refractivity (Wildman–Crippen MR) is 118 cm³/mol. The molecule has 0 bridgehead atoms. The molecule has 2 amide bonds. The van der Waals surface area contributed by atoms with Crippen LogP contribution in [-0.2, 0) is 4.79 Å². The number of thiocarbonyl (C=S) groups is 1. The number of carbonyl (C=O) groups excluding carboxylic acids is 2. The van der Waals surface area contributed by atoms with Crippen LogP contribution in [0.1, 0.15) is 34.0 Å². The third kappa shape index (κ3) is 4.60. The van der Waals surface area contributed by atoms with E-state index in [0.717, 1.165) is 27.9 Å². The first-order valence-corrected chi connectivity index (χ1v) is 10.1. The fourth-order valence-electron chi connectivity index (χ4n) is 2.84. The molecule has 0 aromatic heterocycles. The maximum Gasteiger partial charge on any atom is 0.285 e. The van der Waals surface area contributed by atoms with Crippen molar-refractivity contribution in [3.8, 4) is 11.5 Å². The fourth-order valence-corrected chi connectivity index (χ4v) is 4.02. The summed E-state index contributed by atoms with van der Waals surface area (Å²) in [6, 6.07) is 10.3. The van der Waals surface area contributed by atoms with Crippen LogP contribution in [0.2, 0.25) is 0 Å². The Morgan fingerprint density at radius 3 is 2.72 bits per heavy atom. The van der Waals surface area contributed by atoms with Gasteiger partial charge in [-0.2, -0.15) is 5.01 Å². The monoisotopic (exact) mass is 428 g/mol. The van der Waals surface area contributed by atoms with Crippen LogP contribution in [0.5, 0.6) is 11.5 Å². The highest BCUT2D eigenvalue weighted by molar-refractivity contribution is 8.26. The molecule has 1 aliphatic rings. The molecule has 0 radical (unpaired) electrons. The van der Waals surface area contributed by atoms with Gasteiger partial charge in [0.15, 0.2) is 15.8 Å². The second-order valence-electron chi connectivity index (χ2n) is 6.44. The van der Waals surface area contributed by atoms with E-state index in [4.69, 9.17) is 17.0 Å². The number of benzene rings is 2. The molecule has 8 heteroatoms. The minimum Gasteiger partial charge on any atom is -0.504 e. The van der Waals surface area contributed by atoms with Crippen LogP contribution in [0.25, 0.3) is 6.08 Å². The first kappa shape index (κ1) is 20.9. The number of aromatic hydroxyl groups is 1. The Balaban J connectivity index is 1.80. The molecule has 0 atom stereocenters. The number of amides is 2. The van der Waals surface area contributed by atoms with E-state index in [-0.39, 0.29) is 10.1 Å². The SMILES string of the molecule is CCOc1cc(/C=C2/SC(=S)N(NC(=O)c3ccc(C)cc3C)C2=O)ccc1O. The molecule has 6 nitrogen and oxygen atoms in total. The molecule has 0 spiro atoms. The fraction of sp³-hybridized carbons (Fsp3) is 0.190. The molecule has 1 aliphatic heterocycles. The van der Waals surface area contributed by atoms with Crippen LogP contribution in [0.4, 0.5) is 0 Å². The lowest BCUT2D eigenvalue weighted by atomic mass is 10.1. The number of nitrogens with one attached hydrogen (secondary N) is 1. The summed E-state index contributed by atoms with van der Waals surface area (Å²) in [6.07, 6.45) is 1.64. The molecular weight excluding hydrogens is 408 g/mol. The number of ether oxygens (including phenoxy) is 1. The van der Waals surface area contributed by atoms with E-state index < -0.39 is 11.8 Å². The average molecular weight is 429 g/mol. The number of thioether (sulfide) groups is 1. The van der Waals surface area contributed by atoms with E-state index in [0.29, 0.717) is 28.4 Å². The molecule has 0 saturated carbocycles. The van der Waals surface area contributed by atoms with Crippen molar-refractivity contribution in [1.82, 2.24) is 10.4 Å². The first-order chi connectivity index (χ1) is 13.8. The summed E-state index contributed by atoms with van der Waals surface area (Å²) in [5.41, 5.74) is 5.61. The average Bonchev–Trinajstić information content (AvgIpc) is 2.92. The number of aryl methyl sites for hydroxylation is 2. The number of rotatable bonds is 5. The van der Waals surface area contributed by atoms with Gasteiger partial charge in [-0.05, 0) is 68.4 Å². The van der Waals surface area contributed by atoms with E-state index >= 15 is 0 Å². The summed E-state index contributed by atoms with van der Waals surface area (Å²) in [5, 5.41) is 10.9. The summed E-state index contributed by atoms with van der Waals surface area (Å²) >= 11 is 6.36. The van der Waals surface area contributed by atoms with Crippen LogP contribution in [0.3, 0.4) is 0 Å². The van der Waals surface area contributed by atoms with Crippen molar-refractivity contribution in [2.75, 3.05) is 6.61 Å². The van der Waals surface area contributed by atoms with Gasteiger partial charge in [0, 0.05) is 5.56 Å². The van der Waals surface area contributed by atoms with Gasteiger partial charge in [-0.3, -0.25) is 15.0 Å². The van der Waals surface area contributed by atoms with Crippen molar-refractivity contribution >= 4 is 46.2 Å². The quantitative estimate of drug-likeness (QED) is 0.555. The summed E-state index contributed by atoms with van der Waals surface area (Å²) in [5.74, 6) is -0.454. The highest BCUT2D eigenvalue weighted by atomic mass is 32.2. The number of hydrogen-bond donors (Lipinski definition) is 2. The van der Waals surface area contributed by atoms with E-state index in [1.165, 1.54) is 6.07 Å². The van der Waals surface area contributed by atoms with Crippen LogP contribution >= 0.6 is 24.0 Å². The third-order valence-electron chi connectivity index (χ3n) is 4.22. The highest BCUT2D eigenvalue weighted by Crippen LogP contribution is 2.33. The summed E-state index contributed by atoms with van der Waals surface area (Å²) < 4.78 is 5.61. The van der Waals surface area contributed by atoms with Gasteiger partial charge in [-0.15, -0.1) is 0 Å². The molecule has 0 unspecified atom stereocenters. The smallest absolute Gasteiger partial charge is 0.285 e. The lowest BCUT2D eigenvalue weighted by Gasteiger charge is -2.16. The van der Waals surface area contributed by atoms with Crippen molar-refractivity contribution in [3.05, 3.63) is 63.6 Å².